The van der Waals surface area contributed by atoms with Crippen molar-refractivity contribution in [1.82, 2.24) is 5.32 Å². The van der Waals surface area contributed by atoms with Crippen LogP contribution in [0.3, 0.4) is 0 Å². The maximum Gasteiger partial charge on any atom is 0.166 e. The predicted octanol–water partition coefficient (Wildman–Crippen LogP) is 2.66. The van der Waals surface area contributed by atoms with E-state index < -0.39 is 0 Å². The molecular formula is C15H21NO2. The standard InChI is InChI=1S/C15H21NO2/c1-11(2)18-14-5-3-4-13(10-14)15(17)12-6-8-16-9-7-12/h3-5,10-12,16H,6-9H2,1-2H3. The lowest BCUT2D eigenvalue weighted by Gasteiger charge is -2.21. The van der Waals surface area contributed by atoms with E-state index in [-0.39, 0.29) is 17.8 Å². The topological polar surface area (TPSA) is 38.3 Å². The van der Waals surface area contributed by atoms with Crippen molar-refractivity contribution < 1.29 is 9.53 Å². The van der Waals surface area contributed by atoms with Crippen molar-refractivity contribution in [3.63, 3.8) is 0 Å². The zero-order valence-electron chi connectivity index (χ0n) is 11.1. The van der Waals surface area contributed by atoms with Crippen molar-refractivity contribution in [1.29, 1.82) is 0 Å². The minimum Gasteiger partial charge on any atom is -0.491 e. The van der Waals surface area contributed by atoms with Gasteiger partial charge < -0.3 is 10.1 Å². The monoisotopic (exact) mass is 247 g/mol. The van der Waals surface area contributed by atoms with E-state index in [0.717, 1.165) is 37.2 Å². The molecule has 1 saturated heterocycles. The third-order valence-corrected chi connectivity index (χ3v) is 3.20. The number of Topliss-reactive ketones (excluding diaryl/α,β-unsaturated/α-hetero) is 1. The van der Waals surface area contributed by atoms with E-state index in [4.69, 9.17) is 4.74 Å². The maximum absolute atomic E-state index is 12.4. The molecule has 1 heterocycles. The second-order valence-electron chi connectivity index (χ2n) is 5.08. The van der Waals surface area contributed by atoms with Gasteiger partial charge in [-0.15, -0.1) is 0 Å². The lowest BCUT2D eigenvalue weighted by molar-refractivity contribution is 0.0894. The van der Waals surface area contributed by atoms with Crippen LogP contribution in [-0.2, 0) is 0 Å². The Morgan fingerprint density at radius 3 is 2.72 bits per heavy atom. The number of benzene rings is 1. The summed E-state index contributed by atoms with van der Waals surface area (Å²) in [7, 11) is 0. The first-order chi connectivity index (χ1) is 8.66. The molecule has 1 N–H and O–H groups in total. The van der Waals surface area contributed by atoms with Gasteiger partial charge in [-0.25, -0.2) is 0 Å². The zero-order chi connectivity index (χ0) is 13.0. The zero-order valence-corrected chi connectivity index (χ0v) is 11.1. The number of rotatable bonds is 4. The highest BCUT2D eigenvalue weighted by Crippen LogP contribution is 2.21. The fourth-order valence-electron chi connectivity index (χ4n) is 2.31. The second-order valence-corrected chi connectivity index (χ2v) is 5.08. The van der Waals surface area contributed by atoms with E-state index >= 15 is 0 Å². The van der Waals surface area contributed by atoms with Gasteiger partial charge in [0.25, 0.3) is 0 Å². The highest BCUT2D eigenvalue weighted by molar-refractivity contribution is 5.98. The van der Waals surface area contributed by atoms with E-state index in [2.05, 4.69) is 5.32 Å². The molecule has 2 rings (SSSR count). The first-order valence-corrected chi connectivity index (χ1v) is 6.68. The molecule has 0 saturated carbocycles. The van der Waals surface area contributed by atoms with E-state index in [1.807, 2.05) is 38.1 Å². The molecule has 3 nitrogen and oxygen atoms in total. The minimum absolute atomic E-state index is 0.134. The Bertz CT molecular complexity index is 409. The smallest absolute Gasteiger partial charge is 0.166 e. The van der Waals surface area contributed by atoms with Gasteiger partial charge in [-0.3, -0.25) is 4.79 Å². The Kier molecular flexibility index (Phi) is 4.37. The molecule has 0 aliphatic carbocycles. The number of ether oxygens (including phenoxy) is 1. The third kappa shape index (κ3) is 3.33. The number of ketones is 1. The van der Waals surface area contributed by atoms with Gasteiger partial charge in [-0.1, -0.05) is 12.1 Å². The first kappa shape index (κ1) is 13.1. The van der Waals surface area contributed by atoms with Crippen molar-refractivity contribution in [2.75, 3.05) is 13.1 Å². The van der Waals surface area contributed by atoms with Crippen LogP contribution in [-0.4, -0.2) is 25.0 Å². The normalized spacial score (nSPS) is 16.8. The van der Waals surface area contributed by atoms with E-state index in [0.29, 0.717) is 0 Å². The Labute approximate surface area is 109 Å². The molecule has 1 aliphatic rings. The average Bonchev–Trinajstić information content (AvgIpc) is 2.38. The van der Waals surface area contributed by atoms with Gasteiger partial charge in [0.05, 0.1) is 6.10 Å². The van der Waals surface area contributed by atoms with Crippen LogP contribution in [0.2, 0.25) is 0 Å². The number of hydrogen-bond donors (Lipinski definition) is 1. The molecule has 1 aromatic rings. The molecule has 1 aromatic carbocycles. The molecule has 1 aliphatic heterocycles. The number of carbonyl (C=O) groups is 1. The van der Waals surface area contributed by atoms with Crippen molar-refractivity contribution in [2.24, 2.45) is 5.92 Å². The maximum atomic E-state index is 12.4. The van der Waals surface area contributed by atoms with Crippen LogP contribution in [0.4, 0.5) is 0 Å². The van der Waals surface area contributed by atoms with E-state index in [9.17, 15) is 4.79 Å². The van der Waals surface area contributed by atoms with Crippen LogP contribution in [0.15, 0.2) is 24.3 Å². The fourth-order valence-corrected chi connectivity index (χ4v) is 2.31. The van der Waals surface area contributed by atoms with Crippen molar-refractivity contribution in [2.45, 2.75) is 32.8 Å². The van der Waals surface area contributed by atoms with Gasteiger partial charge in [0.2, 0.25) is 0 Å². The molecule has 1 fully saturated rings. The Balaban J connectivity index is 2.09. The summed E-state index contributed by atoms with van der Waals surface area (Å²) in [5.74, 6) is 1.20. The summed E-state index contributed by atoms with van der Waals surface area (Å²) in [5, 5.41) is 3.28. The summed E-state index contributed by atoms with van der Waals surface area (Å²) in [4.78, 5) is 12.4. The van der Waals surface area contributed by atoms with Crippen LogP contribution in [0.5, 0.6) is 5.75 Å². The molecule has 18 heavy (non-hydrogen) atoms. The Morgan fingerprint density at radius 1 is 1.33 bits per heavy atom. The first-order valence-electron chi connectivity index (χ1n) is 6.68. The Hall–Kier alpha value is -1.35. The van der Waals surface area contributed by atoms with Crippen molar-refractivity contribution >= 4 is 5.78 Å². The van der Waals surface area contributed by atoms with Crippen molar-refractivity contribution in [3.8, 4) is 5.75 Å². The highest BCUT2D eigenvalue weighted by Gasteiger charge is 2.22. The number of piperidine rings is 1. The van der Waals surface area contributed by atoms with Gasteiger partial charge in [-0.2, -0.15) is 0 Å². The molecule has 3 heteroatoms. The minimum atomic E-state index is 0.134. The number of hydrogen-bond acceptors (Lipinski definition) is 3. The molecule has 0 radical (unpaired) electrons. The summed E-state index contributed by atoms with van der Waals surface area (Å²) in [6.45, 7) is 5.86. The molecule has 98 valence electrons. The second kappa shape index (κ2) is 6.01. The van der Waals surface area contributed by atoms with Gasteiger partial charge in [0.1, 0.15) is 5.75 Å². The molecule has 0 spiro atoms. The highest BCUT2D eigenvalue weighted by atomic mass is 16.5. The van der Waals surface area contributed by atoms with E-state index in [1.165, 1.54) is 0 Å². The predicted molar refractivity (Wildman–Crippen MR) is 72.1 cm³/mol. The lowest BCUT2D eigenvalue weighted by Crippen LogP contribution is -2.31. The molecular weight excluding hydrogens is 226 g/mol. The van der Waals surface area contributed by atoms with Crippen LogP contribution in [0.1, 0.15) is 37.0 Å². The average molecular weight is 247 g/mol. The Morgan fingerprint density at radius 2 is 2.06 bits per heavy atom. The number of carbonyl (C=O) groups excluding carboxylic acids is 1. The third-order valence-electron chi connectivity index (χ3n) is 3.20. The fraction of sp³-hybridized carbons (Fsp3) is 0.533. The van der Waals surface area contributed by atoms with Gasteiger partial charge in [0, 0.05) is 11.5 Å². The molecule has 0 bridgehead atoms. The molecule has 0 unspecified atom stereocenters. The molecule has 0 amide bonds. The van der Waals surface area contributed by atoms with Crippen LogP contribution in [0, 0.1) is 5.92 Å². The summed E-state index contributed by atoms with van der Waals surface area (Å²) in [5.41, 5.74) is 0.778. The quantitative estimate of drug-likeness (QED) is 0.831. The molecule has 0 atom stereocenters. The summed E-state index contributed by atoms with van der Waals surface area (Å²) in [6, 6.07) is 7.55. The summed E-state index contributed by atoms with van der Waals surface area (Å²) < 4.78 is 5.63. The summed E-state index contributed by atoms with van der Waals surface area (Å²) in [6.07, 6.45) is 2.01. The van der Waals surface area contributed by atoms with Gasteiger partial charge in [-0.05, 0) is 51.9 Å². The largest absolute Gasteiger partial charge is 0.491 e. The van der Waals surface area contributed by atoms with Crippen LogP contribution in [0.25, 0.3) is 0 Å². The van der Waals surface area contributed by atoms with Crippen LogP contribution < -0.4 is 10.1 Å². The summed E-state index contributed by atoms with van der Waals surface area (Å²) >= 11 is 0. The van der Waals surface area contributed by atoms with Gasteiger partial charge in [0.15, 0.2) is 5.78 Å². The van der Waals surface area contributed by atoms with Gasteiger partial charge >= 0.3 is 0 Å². The van der Waals surface area contributed by atoms with E-state index in [1.54, 1.807) is 0 Å². The number of nitrogens with one attached hydrogen (secondary N) is 1. The lowest BCUT2D eigenvalue weighted by atomic mass is 9.89. The molecule has 0 aromatic heterocycles. The van der Waals surface area contributed by atoms with Crippen molar-refractivity contribution in [3.05, 3.63) is 29.8 Å². The van der Waals surface area contributed by atoms with Crippen LogP contribution >= 0.6 is 0 Å². The SMILES string of the molecule is CC(C)Oc1cccc(C(=O)C2CCNCC2)c1.